The van der Waals surface area contributed by atoms with E-state index in [1.54, 1.807) is 18.4 Å². The van der Waals surface area contributed by atoms with Crippen molar-refractivity contribution < 1.29 is 14.7 Å². The van der Waals surface area contributed by atoms with E-state index in [9.17, 15) is 9.59 Å². The van der Waals surface area contributed by atoms with Crippen LogP contribution in [0.25, 0.3) is 0 Å². The number of aliphatic carboxylic acids is 1. The molecule has 0 aromatic rings. The Morgan fingerprint density at radius 1 is 1.67 bits per heavy atom. The summed E-state index contributed by atoms with van der Waals surface area (Å²) in [5, 5.41) is 8.96. The molecule has 5 nitrogen and oxygen atoms in total. The lowest BCUT2D eigenvalue weighted by atomic mass is 10.1. The average Bonchev–Trinajstić information content (AvgIpc) is 2.15. The molecule has 0 saturated carbocycles. The lowest BCUT2D eigenvalue weighted by Gasteiger charge is -2.31. The van der Waals surface area contributed by atoms with Crippen molar-refractivity contribution in [2.24, 2.45) is 4.99 Å². The number of allylic oxidation sites excluding steroid dienone is 2. The second-order valence-corrected chi connectivity index (χ2v) is 3.53. The summed E-state index contributed by atoms with van der Waals surface area (Å²) in [5.41, 5.74) is 0.948. The Morgan fingerprint density at radius 2 is 2.40 bits per heavy atom. The van der Waals surface area contributed by atoms with Crippen molar-refractivity contribution in [3.63, 3.8) is 0 Å². The number of fused-ring (bicyclic) bond motifs is 1. The lowest BCUT2D eigenvalue weighted by Crippen LogP contribution is -2.46. The molecule has 0 radical (unpaired) electrons. The van der Waals surface area contributed by atoms with E-state index in [2.05, 4.69) is 4.99 Å². The SMILES string of the molecule is CC1=CC2=NC(=O)CC(C(=O)O)N2C=C1. The predicted molar refractivity (Wildman–Crippen MR) is 53.2 cm³/mol. The minimum Gasteiger partial charge on any atom is -0.480 e. The van der Waals surface area contributed by atoms with Crippen LogP contribution in [0.4, 0.5) is 0 Å². The number of carbonyl (C=O) groups is 2. The number of hydrogen-bond acceptors (Lipinski definition) is 3. The molecule has 2 aliphatic heterocycles. The number of rotatable bonds is 1. The molecular formula is C10H10N2O3. The molecule has 0 aromatic carbocycles. The summed E-state index contributed by atoms with van der Waals surface area (Å²) in [5.74, 6) is -0.972. The molecule has 5 heteroatoms. The van der Waals surface area contributed by atoms with E-state index in [1.807, 2.05) is 6.92 Å². The van der Waals surface area contributed by atoms with Crippen LogP contribution in [0.3, 0.4) is 0 Å². The third kappa shape index (κ3) is 1.68. The molecule has 0 aromatic heterocycles. The van der Waals surface area contributed by atoms with Crippen LogP contribution in [0, 0.1) is 0 Å². The van der Waals surface area contributed by atoms with Gasteiger partial charge in [-0.15, -0.1) is 0 Å². The average molecular weight is 206 g/mol. The highest BCUT2D eigenvalue weighted by atomic mass is 16.4. The van der Waals surface area contributed by atoms with Crippen LogP contribution >= 0.6 is 0 Å². The van der Waals surface area contributed by atoms with E-state index >= 15 is 0 Å². The quantitative estimate of drug-likeness (QED) is 0.680. The monoisotopic (exact) mass is 206 g/mol. The van der Waals surface area contributed by atoms with Crippen molar-refractivity contribution in [2.75, 3.05) is 0 Å². The lowest BCUT2D eigenvalue weighted by molar-refractivity contribution is -0.143. The van der Waals surface area contributed by atoms with Crippen molar-refractivity contribution in [3.8, 4) is 0 Å². The van der Waals surface area contributed by atoms with Gasteiger partial charge in [-0.05, 0) is 24.6 Å². The van der Waals surface area contributed by atoms with Crippen LogP contribution in [-0.2, 0) is 9.59 Å². The van der Waals surface area contributed by atoms with Gasteiger partial charge in [0.15, 0.2) is 0 Å². The van der Waals surface area contributed by atoms with E-state index in [0.717, 1.165) is 5.57 Å². The number of amidine groups is 1. The maximum absolute atomic E-state index is 11.2. The molecule has 1 atom stereocenters. The summed E-state index contributed by atoms with van der Waals surface area (Å²) >= 11 is 0. The topological polar surface area (TPSA) is 70.0 Å². The van der Waals surface area contributed by atoms with Gasteiger partial charge in [0.25, 0.3) is 0 Å². The molecule has 2 aliphatic rings. The zero-order valence-corrected chi connectivity index (χ0v) is 8.17. The van der Waals surface area contributed by atoms with Crippen molar-refractivity contribution in [1.29, 1.82) is 0 Å². The first-order chi connectivity index (χ1) is 7.08. The first kappa shape index (κ1) is 9.64. The summed E-state index contributed by atoms with van der Waals surface area (Å²) in [4.78, 5) is 27.5. The van der Waals surface area contributed by atoms with Crippen molar-refractivity contribution in [1.82, 2.24) is 4.90 Å². The molecule has 2 heterocycles. The Bertz CT molecular complexity index is 420. The van der Waals surface area contributed by atoms with Gasteiger partial charge in [-0.25, -0.2) is 4.79 Å². The fourth-order valence-electron chi connectivity index (χ4n) is 1.60. The zero-order valence-electron chi connectivity index (χ0n) is 8.17. The summed E-state index contributed by atoms with van der Waals surface area (Å²) in [6.45, 7) is 1.87. The third-order valence-electron chi connectivity index (χ3n) is 2.35. The van der Waals surface area contributed by atoms with E-state index in [0.29, 0.717) is 5.84 Å². The first-order valence-electron chi connectivity index (χ1n) is 4.57. The summed E-state index contributed by atoms with van der Waals surface area (Å²) in [6.07, 6.45) is 5.08. The van der Waals surface area contributed by atoms with Gasteiger partial charge in [0.2, 0.25) is 5.91 Å². The van der Waals surface area contributed by atoms with Gasteiger partial charge in [0, 0.05) is 6.20 Å². The summed E-state index contributed by atoms with van der Waals surface area (Å²) in [7, 11) is 0. The van der Waals surface area contributed by atoms with E-state index in [1.165, 1.54) is 4.90 Å². The van der Waals surface area contributed by atoms with Gasteiger partial charge in [-0.1, -0.05) is 0 Å². The molecule has 2 rings (SSSR count). The highest BCUT2D eigenvalue weighted by molar-refractivity contribution is 6.07. The zero-order chi connectivity index (χ0) is 11.0. The number of nitrogens with zero attached hydrogens (tertiary/aromatic N) is 2. The number of amides is 1. The van der Waals surface area contributed by atoms with Crippen molar-refractivity contribution >= 4 is 17.7 Å². The summed E-state index contributed by atoms with van der Waals surface area (Å²) < 4.78 is 0. The third-order valence-corrected chi connectivity index (χ3v) is 2.35. The van der Waals surface area contributed by atoms with E-state index in [-0.39, 0.29) is 12.3 Å². The minimum absolute atomic E-state index is 0.0734. The smallest absolute Gasteiger partial charge is 0.327 e. The summed E-state index contributed by atoms with van der Waals surface area (Å²) in [6, 6.07) is -0.828. The molecule has 0 saturated heterocycles. The first-order valence-corrected chi connectivity index (χ1v) is 4.57. The molecule has 1 amide bonds. The largest absolute Gasteiger partial charge is 0.480 e. The molecule has 78 valence electrons. The second kappa shape index (κ2) is 3.34. The van der Waals surface area contributed by atoms with Gasteiger partial charge in [0.05, 0.1) is 6.42 Å². The van der Waals surface area contributed by atoms with Gasteiger partial charge >= 0.3 is 5.97 Å². The van der Waals surface area contributed by atoms with Crippen molar-refractivity contribution in [2.45, 2.75) is 19.4 Å². The molecule has 15 heavy (non-hydrogen) atoms. The fourth-order valence-corrected chi connectivity index (χ4v) is 1.60. The number of hydrogen-bond donors (Lipinski definition) is 1. The predicted octanol–water partition coefficient (Wildman–Crippen LogP) is 0.544. The standard InChI is InChI=1S/C10H10N2O3/c1-6-2-3-12-7(10(14)15)5-9(13)11-8(12)4-6/h2-4,7H,5H2,1H3,(H,14,15). The molecular weight excluding hydrogens is 196 g/mol. The number of carboxylic acid groups (broad SMARTS) is 1. The van der Waals surface area contributed by atoms with Gasteiger partial charge in [-0.2, -0.15) is 4.99 Å². The Labute approximate surface area is 86.4 Å². The highest BCUT2D eigenvalue weighted by Gasteiger charge is 2.33. The highest BCUT2D eigenvalue weighted by Crippen LogP contribution is 2.19. The van der Waals surface area contributed by atoms with Gasteiger partial charge in [-0.3, -0.25) is 4.79 Å². The molecule has 1 N–H and O–H groups in total. The van der Waals surface area contributed by atoms with Crippen LogP contribution in [0.5, 0.6) is 0 Å². The molecule has 0 fully saturated rings. The van der Waals surface area contributed by atoms with Crippen LogP contribution in [0.1, 0.15) is 13.3 Å². The molecule has 0 bridgehead atoms. The Hall–Kier alpha value is -1.91. The fraction of sp³-hybridized carbons (Fsp3) is 0.300. The maximum Gasteiger partial charge on any atom is 0.327 e. The van der Waals surface area contributed by atoms with E-state index < -0.39 is 12.0 Å². The van der Waals surface area contributed by atoms with Crippen LogP contribution in [0.2, 0.25) is 0 Å². The molecule has 0 aliphatic carbocycles. The van der Waals surface area contributed by atoms with Crippen LogP contribution in [-0.4, -0.2) is 33.8 Å². The Morgan fingerprint density at radius 3 is 3.07 bits per heavy atom. The number of aliphatic imine (C=N–C) groups is 1. The Kier molecular flexibility index (Phi) is 2.15. The van der Waals surface area contributed by atoms with Crippen LogP contribution in [0.15, 0.2) is 28.9 Å². The van der Waals surface area contributed by atoms with Gasteiger partial charge in [0.1, 0.15) is 11.9 Å². The second-order valence-electron chi connectivity index (χ2n) is 3.53. The Balaban J connectivity index is 2.40. The van der Waals surface area contributed by atoms with E-state index in [4.69, 9.17) is 5.11 Å². The minimum atomic E-state index is -1.01. The number of carboxylic acids is 1. The van der Waals surface area contributed by atoms with Crippen LogP contribution < -0.4 is 0 Å². The van der Waals surface area contributed by atoms with Gasteiger partial charge < -0.3 is 10.0 Å². The molecule has 1 unspecified atom stereocenters. The van der Waals surface area contributed by atoms with Crippen molar-refractivity contribution in [3.05, 3.63) is 23.9 Å². The normalized spacial score (nSPS) is 24.5. The maximum atomic E-state index is 11.2. The number of carbonyl (C=O) groups excluding carboxylic acids is 1. The molecule has 0 spiro atoms.